The number of nitro groups is 1. The van der Waals surface area contributed by atoms with Crippen LogP contribution in [0.15, 0.2) is 48.5 Å². The monoisotopic (exact) mass is 370 g/mol. The van der Waals surface area contributed by atoms with Gasteiger partial charge in [0.15, 0.2) is 0 Å². The lowest BCUT2D eigenvalue weighted by atomic mass is 10.2. The largest absolute Gasteiger partial charge is 0.497 e. The van der Waals surface area contributed by atoms with Crippen molar-refractivity contribution < 1.29 is 14.5 Å². The zero-order chi connectivity index (χ0) is 19.2. The molecule has 1 amide bonds. The van der Waals surface area contributed by atoms with Gasteiger partial charge in [0, 0.05) is 49.7 Å². The van der Waals surface area contributed by atoms with Crippen LogP contribution in [0.5, 0.6) is 5.75 Å². The molecule has 3 rings (SSSR count). The van der Waals surface area contributed by atoms with E-state index in [2.05, 4.69) is 15.1 Å². The summed E-state index contributed by atoms with van der Waals surface area (Å²) < 4.78 is 5.10. The Hall–Kier alpha value is -3.13. The van der Waals surface area contributed by atoms with Crippen LogP contribution in [0.1, 0.15) is 0 Å². The lowest BCUT2D eigenvalue weighted by Crippen LogP contribution is -2.48. The first-order valence-corrected chi connectivity index (χ1v) is 8.71. The predicted molar refractivity (Wildman–Crippen MR) is 103 cm³/mol. The van der Waals surface area contributed by atoms with Crippen LogP contribution in [0.4, 0.5) is 17.1 Å². The van der Waals surface area contributed by atoms with Gasteiger partial charge in [-0.1, -0.05) is 0 Å². The summed E-state index contributed by atoms with van der Waals surface area (Å²) in [6.45, 7) is 3.39. The second kappa shape index (κ2) is 8.50. The number of nitro benzene ring substituents is 1. The molecule has 1 aliphatic rings. The minimum absolute atomic E-state index is 0.0519. The fourth-order valence-corrected chi connectivity index (χ4v) is 3.03. The number of hydrogen-bond donors (Lipinski definition) is 1. The number of carbonyl (C=O) groups excluding carboxylic acids is 1. The minimum Gasteiger partial charge on any atom is -0.497 e. The molecule has 0 atom stereocenters. The average Bonchev–Trinajstić information content (AvgIpc) is 2.69. The summed E-state index contributed by atoms with van der Waals surface area (Å²) in [6, 6.07) is 13.8. The van der Waals surface area contributed by atoms with Gasteiger partial charge in [-0.15, -0.1) is 0 Å². The van der Waals surface area contributed by atoms with Gasteiger partial charge >= 0.3 is 0 Å². The van der Waals surface area contributed by atoms with Crippen molar-refractivity contribution in [3.05, 3.63) is 58.6 Å². The van der Waals surface area contributed by atoms with Gasteiger partial charge in [0.2, 0.25) is 5.91 Å². The molecule has 0 unspecified atom stereocenters. The van der Waals surface area contributed by atoms with Crippen molar-refractivity contribution in [1.29, 1.82) is 0 Å². The quantitative estimate of drug-likeness (QED) is 0.620. The average molecular weight is 370 g/mol. The number of ether oxygens (including phenoxy) is 1. The van der Waals surface area contributed by atoms with E-state index in [0.29, 0.717) is 6.54 Å². The molecule has 1 fully saturated rings. The van der Waals surface area contributed by atoms with E-state index in [9.17, 15) is 14.9 Å². The fourth-order valence-electron chi connectivity index (χ4n) is 3.03. The first-order chi connectivity index (χ1) is 13.0. The molecule has 2 aromatic rings. The van der Waals surface area contributed by atoms with Gasteiger partial charge in [-0.25, -0.2) is 0 Å². The number of methoxy groups -OCH3 is 1. The van der Waals surface area contributed by atoms with Crippen molar-refractivity contribution in [3.8, 4) is 5.75 Å². The number of carbonyl (C=O) groups is 1. The number of benzene rings is 2. The summed E-state index contributed by atoms with van der Waals surface area (Å²) >= 11 is 0. The number of piperazine rings is 1. The number of non-ortho nitro benzene ring substituents is 1. The third-order valence-corrected chi connectivity index (χ3v) is 4.54. The Morgan fingerprint density at radius 2 is 1.70 bits per heavy atom. The van der Waals surface area contributed by atoms with Crippen molar-refractivity contribution in [2.45, 2.75) is 0 Å². The van der Waals surface area contributed by atoms with Gasteiger partial charge in [0.05, 0.1) is 18.6 Å². The van der Waals surface area contributed by atoms with Crippen LogP contribution in [0, 0.1) is 10.1 Å². The predicted octanol–water partition coefficient (Wildman–Crippen LogP) is 2.36. The first kappa shape index (κ1) is 18.7. The summed E-state index contributed by atoms with van der Waals surface area (Å²) in [7, 11) is 1.60. The molecule has 2 aromatic carbocycles. The number of anilines is 2. The topological polar surface area (TPSA) is 88.0 Å². The maximum Gasteiger partial charge on any atom is 0.269 e. The molecular formula is C19H22N4O4. The Bertz CT molecular complexity index is 784. The van der Waals surface area contributed by atoms with Crippen LogP contribution < -0.4 is 15.0 Å². The van der Waals surface area contributed by atoms with Crippen molar-refractivity contribution in [2.24, 2.45) is 0 Å². The Kier molecular flexibility index (Phi) is 5.87. The molecule has 8 nitrogen and oxygen atoms in total. The van der Waals surface area contributed by atoms with E-state index < -0.39 is 4.92 Å². The van der Waals surface area contributed by atoms with Crippen LogP contribution in [0.2, 0.25) is 0 Å². The van der Waals surface area contributed by atoms with E-state index in [-0.39, 0.29) is 11.6 Å². The molecule has 8 heteroatoms. The third-order valence-electron chi connectivity index (χ3n) is 4.54. The van der Waals surface area contributed by atoms with Gasteiger partial charge < -0.3 is 15.0 Å². The lowest BCUT2D eigenvalue weighted by molar-refractivity contribution is -0.384. The molecule has 0 saturated carbocycles. The highest BCUT2D eigenvalue weighted by molar-refractivity contribution is 5.92. The van der Waals surface area contributed by atoms with Crippen molar-refractivity contribution >= 4 is 23.0 Å². The van der Waals surface area contributed by atoms with Gasteiger partial charge in [0.1, 0.15) is 5.75 Å². The summed E-state index contributed by atoms with van der Waals surface area (Å²) in [6.07, 6.45) is 0. The Morgan fingerprint density at radius 1 is 1.07 bits per heavy atom. The van der Waals surface area contributed by atoms with Crippen LogP contribution in [0.3, 0.4) is 0 Å². The maximum atomic E-state index is 12.2. The van der Waals surface area contributed by atoms with Crippen LogP contribution in [-0.2, 0) is 4.79 Å². The molecule has 0 aliphatic carbocycles. The summed E-state index contributed by atoms with van der Waals surface area (Å²) in [4.78, 5) is 26.8. The van der Waals surface area contributed by atoms with Crippen molar-refractivity contribution in [1.82, 2.24) is 4.90 Å². The molecule has 0 spiro atoms. The fraction of sp³-hybridized carbons (Fsp3) is 0.316. The number of nitrogens with zero attached hydrogens (tertiary/aromatic N) is 3. The highest BCUT2D eigenvalue weighted by Crippen LogP contribution is 2.20. The number of amides is 1. The first-order valence-electron chi connectivity index (χ1n) is 8.71. The Morgan fingerprint density at radius 3 is 2.26 bits per heavy atom. The van der Waals surface area contributed by atoms with Gasteiger partial charge in [-0.05, 0) is 36.4 Å². The highest BCUT2D eigenvalue weighted by Gasteiger charge is 2.19. The second-order valence-electron chi connectivity index (χ2n) is 6.31. The Labute approximate surface area is 157 Å². The summed E-state index contributed by atoms with van der Waals surface area (Å²) in [5, 5.41) is 13.6. The molecule has 1 aliphatic heterocycles. The van der Waals surface area contributed by atoms with E-state index in [4.69, 9.17) is 4.74 Å². The standard InChI is InChI=1S/C19H22N4O4/c1-27-18-8-2-15(3-9-18)20-19(24)14-21-10-12-22(13-11-21)16-4-6-17(7-5-16)23(25)26/h2-9H,10-14H2,1H3,(H,20,24). The minimum atomic E-state index is -0.400. The smallest absolute Gasteiger partial charge is 0.269 e. The molecule has 142 valence electrons. The normalized spacial score (nSPS) is 14.6. The molecule has 0 aromatic heterocycles. The Balaban J connectivity index is 1.47. The third kappa shape index (κ3) is 4.95. The molecular weight excluding hydrogens is 348 g/mol. The van der Waals surface area contributed by atoms with E-state index in [1.165, 1.54) is 12.1 Å². The van der Waals surface area contributed by atoms with Crippen LogP contribution in [0.25, 0.3) is 0 Å². The van der Waals surface area contributed by atoms with Gasteiger partial charge in [-0.2, -0.15) is 0 Å². The van der Waals surface area contributed by atoms with Gasteiger partial charge in [0.25, 0.3) is 5.69 Å². The zero-order valence-electron chi connectivity index (χ0n) is 15.1. The van der Waals surface area contributed by atoms with Crippen molar-refractivity contribution in [3.63, 3.8) is 0 Å². The second-order valence-corrected chi connectivity index (χ2v) is 6.31. The summed E-state index contributed by atoms with van der Waals surface area (Å²) in [5.74, 6) is 0.694. The van der Waals surface area contributed by atoms with E-state index >= 15 is 0 Å². The number of rotatable bonds is 6. The van der Waals surface area contributed by atoms with E-state index in [1.54, 1.807) is 31.4 Å². The molecule has 0 bridgehead atoms. The number of nitrogens with one attached hydrogen (secondary N) is 1. The van der Waals surface area contributed by atoms with Gasteiger partial charge in [-0.3, -0.25) is 19.8 Å². The molecule has 27 heavy (non-hydrogen) atoms. The maximum absolute atomic E-state index is 12.2. The SMILES string of the molecule is COc1ccc(NC(=O)CN2CCN(c3ccc([N+](=O)[O-])cc3)CC2)cc1. The molecule has 1 heterocycles. The molecule has 1 N–H and O–H groups in total. The van der Waals surface area contributed by atoms with E-state index in [0.717, 1.165) is 43.3 Å². The van der Waals surface area contributed by atoms with E-state index in [1.807, 2.05) is 12.1 Å². The molecule has 0 radical (unpaired) electrons. The summed E-state index contributed by atoms with van der Waals surface area (Å²) in [5.41, 5.74) is 1.79. The number of hydrogen-bond acceptors (Lipinski definition) is 6. The van der Waals surface area contributed by atoms with Crippen molar-refractivity contribution in [2.75, 3.05) is 50.1 Å². The molecule has 1 saturated heterocycles. The van der Waals surface area contributed by atoms with Crippen LogP contribution in [-0.4, -0.2) is 55.6 Å². The van der Waals surface area contributed by atoms with Crippen LogP contribution >= 0.6 is 0 Å². The lowest BCUT2D eigenvalue weighted by Gasteiger charge is -2.35. The highest BCUT2D eigenvalue weighted by atomic mass is 16.6. The zero-order valence-corrected chi connectivity index (χ0v) is 15.1.